The third-order valence-electron chi connectivity index (χ3n) is 5.03. The Balaban J connectivity index is 3.58. The standard InChI is InChI=1S/C22H41NO6/c1-29-22(28)19(16-17-21(26)27)23-20(25)15-13-11-9-7-5-3-2-4-6-8-10-12-14-18-24/h19,24H,2-18H2,1H3,(H,23,25)(H,26,27)/t19-/m0/s1. The highest BCUT2D eigenvalue weighted by Gasteiger charge is 2.22. The van der Waals surface area contributed by atoms with Crippen molar-refractivity contribution >= 4 is 17.8 Å². The smallest absolute Gasteiger partial charge is 0.328 e. The Morgan fingerprint density at radius 3 is 1.62 bits per heavy atom. The Labute approximate surface area is 175 Å². The topological polar surface area (TPSA) is 113 Å². The van der Waals surface area contributed by atoms with Crippen molar-refractivity contribution in [2.24, 2.45) is 0 Å². The number of unbranched alkanes of at least 4 members (excludes halogenated alkanes) is 12. The van der Waals surface area contributed by atoms with Crippen LogP contribution in [0.25, 0.3) is 0 Å². The molecule has 0 saturated carbocycles. The summed E-state index contributed by atoms with van der Waals surface area (Å²) >= 11 is 0. The number of hydrogen-bond acceptors (Lipinski definition) is 5. The number of aliphatic hydroxyl groups is 1. The average Bonchev–Trinajstić information content (AvgIpc) is 2.70. The van der Waals surface area contributed by atoms with E-state index < -0.39 is 18.0 Å². The monoisotopic (exact) mass is 415 g/mol. The van der Waals surface area contributed by atoms with Gasteiger partial charge in [0.15, 0.2) is 0 Å². The number of carboxylic acid groups (broad SMARTS) is 1. The van der Waals surface area contributed by atoms with E-state index in [0.29, 0.717) is 13.0 Å². The van der Waals surface area contributed by atoms with Crippen LogP contribution in [0, 0.1) is 0 Å². The van der Waals surface area contributed by atoms with Gasteiger partial charge in [-0.05, 0) is 19.3 Å². The molecule has 0 aliphatic carbocycles. The number of aliphatic hydroxyl groups excluding tert-OH is 1. The van der Waals surface area contributed by atoms with Gasteiger partial charge in [0, 0.05) is 19.4 Å². The van der Waals surface area contributed by atoms with Crippen LogP contribution in [0.1, 0.15) is 103 Å². The summed E-state index contributed by atoms with van der Waals surface area (Å²) in [6.45, 7) is 0.311. The number of carbonyl (C=O) groups is 3. The lowest BCUT2D eigenvalue weighted by Gasteiger charge is -2.15. The first-order valence-corrected chi connectivity index (χ1v) is 11.2. The quantitative estimate of drug-likeness (QED) is 0.205. The average molecular weight is 416 g/mol. The number of ether oxygens (including phenoxy) is 1. The summed E-state index contributed by atoms with van der Waals surface area (Å²) < 4.78 is 4.62. The fourth-order valence-corrected chi connectivity index (χ4v) is 3.27. The molecule has 0 aromatic rings. The normalized spacial score (nSPS) is 11.8. The van der Waals surface area contributed by atoms with Crippen molar-refractivity contribution in [2.45, 2.75) is 109 Å². The molecule has 3 N–H and O–H groups in total. The van der Waals surface area contributed by atoms with E-state index in [2.05, 4.69) is 10.1 Å². The van der Waals surface area contributed by atoms with Gasteiger partial charge in [0.1, 0.15) is 6.04 Å². The number of aliphatic carboxylic acids is 1. The number of esters is 1. The zero-order valence-electron chi connectivity index (χ0n) is 18.1. The molecule has 0 aromatic heterocycles. The van der Waals surface area contributed by atoms with E-state index in [4.69, 9.17) is 10.2 Å². The van der Waals surface area contributed by atoms with Crippen LogP contribution in [0.4, 0.5) is 0 Å². The molecule has 0 unspecified atom stereocenters. The van der Waals surface area contributed by atoms with Crippen molar-refractivity contribution in [1.82, 2.24) is 5.32 Å². The zero-order chi connectivity index (χ0) is 21.7. The Hall–Kier alpha value is -1.63. The maximum atomic E-state index is 12.0. The number of rotatable bonds is 20. The van der Waals surface area contributed by atoms with Crippen LogP contribution in [0.3, 0.4) is 0 Å². The Bertz CT molecular complexity index is 441. The molecule has 0 saturated heterocycles. The maximum absolute atomic E-state index is 12.0. The minimum Gasteiger partial charge on any atom is -0.481 e. The Kier molecular flexibility index (Phi) is 18.6. The van der Waals surface area contributed by atoms with E-state index in [0.717, 1.165) is 32.1 Å². The van der Waals surface area contributed by atoms with Gasteiger partial charge in [-0.1, -0.05) is 70.6 Å². The second kappa shape index (κ2) is 19.7. The van der Waals surface area contributed by atoms with Crippen LogP contribution >= 0.6 is 0 Å². The summed E-state index contributed by atoms with van der Waals surface area (Å²) in [5.74, 6) is -1.85. The van der Waals surface area contributed by atoms with Crippen LogP contribution in [0.15, 0.2) is 0 Å². The molecule has 29 heavy (non-hydrogen) atoms. The molecule has 1 atom stereocenters. The van der Waals surface area contributed by atoms with Gasteiger partial charge in [-0.2, -0.15) is 0 Å². The van der Waals surface area contributed by atoms with Crippen LogP contribution < -0.4 is 5.32 Å². The van der Waals surface area contributed by atoms with Crippen molar-refractivity contribution in [2.75, 3.05) is 13.7 Å². The van der Waals surface area contributed by atoms with Gasteiger partial charge in [0.05, 0.1) is 7.11 Å². The largest absolute Gasteiger partial charge is 0.481 e. The minimum absolute atomic E-state index is 0.0381. The summed E-state index contributed by atoms with van der Waals surface area (Å²) in [5, 5.41) is 20.0. The highest BCUT2D eigenvalue weighted by atomic mass is 16.5. The Morgan fingerprint density at radius 2 is 1.21 bits per heavy atom. The van der Waals surface area contributed by atoms with Gasteiger partial charge in [-0.3, -0.25) is 9.59 Å². The van der Waals surface area contributed by atoms with Crippen molar-refractivity contribution in [3.63, 3.8) is 0 Å². The Morgan fingerprint density at radius 1 is 0.759 bits per heavy atom. The molecule has 0 spiro atoms. The lowest BCUT2D eigenvalue weighted by molar-refractivity contribution is -0.146. The molecule has 0 aliphatic rings. The zero-order valence-corrected chi connectivity index (χ0v) is 18.1. The summed E-state index contributed by atoms with van der Waals surface area (Å²) in [6.07, 6.45) is 15.2. The fourth-order valence-electron chi connectivity index (χ4n) is 3.27. The van der Waals surface area contributed by atoms with Gasteiger partial charge in [0.25, 0.3) is 0 Å². The van der Waals surface area contributed by atoms with Crippen LogP contribution in [0.5, 0.6) is 0 Å². The predicted octanol–water partition coefficient (Wildman–Crippen LogP) is 3.96. The molecule has 7 heteroatoms. The van der Waals surface area contributed by atoms with Gasteiger partial charge in [-0.25, -0.2) is 4.79 Å². The lowest BCUT2D eigenvalue weighted by Crippen LogP contribution is -2.41. The number of carboxylic acids is 1. The van der Waals surface area contributed by atoms with Gasteiger partial charge < -0.3 is 20.3 Å². The number of methoxy groups -OCH3 is 1. The third kappa shape index (κ3) is 18.2. The van der Waals surface area contributed by atoms with Crippen molar-refractivity contribution in [3.05, 3.63) is 0 Å². The first kappa shape index (κ1) is 27.4. The molecule has 7 nitrogen and oxygen atoms in total. The lowest BCUT2D eigenvalue weighted by atomic mass is 10.0. The van der Waals surface area contributed by atoms with Crippen LogP contribution in [0.2, 0.25) is 0 Å². The molecule has 0 heterocycles. The second-order valence-corrected chi connectivity index (χ2v) is 7.65. The highest BCUT2D eigenvalue weighted by Crippen LogP contribution is 2.13. The van der Waals surface area contributed by atoms with E-state index >= 15 is 0 Å². The van der Waals surface area contributed by atoms with Crippen molar-refractivity contribution in [3.8, 4) is 0 Å². The molecule has 0 aliphatic heterocycles. The van der Waals surface area contributed by atoms with E-state index in [1.807, 2.05) is 0 Å². The SMILES string of the molecule is COC(=O)[C@H](CCC(=O)O)NC(=O)CCCCCCCCCCCCCCCO. The van der Waals surface area contributed by atoms with E-state index in [1.165, 1.54) is 58.5 Å². The third-order valence-corrected chi connectivity index (χ3v) is 5.03. The molecule has 0 aromatic carbocycles. The molecule has 0 radical (unpaired) electrons. The minimum atomic E-state index is -1.01. The van der Waals surface area contributed by atoms with E-state index in [9.17, 15) is 14.4 Å². The molecule has 170 valence electrons. The number of carbonyl (C=O) groups excluding carboxylic acids is 2. The van der Waals surface area contributed by atoms with Crippen LogP contribution in [-0.4, -0.2) is 47.8 Å². The van der Waals surface area contributed by atoms with E-state index in [1.54, 1.807) is 0 Å². The number of nitrogens with one attached hydrogen (secondary N) is 1. The molecular weight excluding hydrogens is 374 g/mol. The molecule has 0 rings (SSSR count). The van der Waals surface area contributed by atoms with Gasteiger partial charge in [-0.15, -0.1) is 0 Å². The van der Waals surface area contributed by atoms with E-state index in [-0.39, 0.29) is 18.7 Å². The first-order chi connectivity index (χ1) is 14.0. The summed E-state index contributed by atoms with van der Waals surface area (Å²) in [7, 11) is 1.22. The maximum Gasteiger partial charge on any atom is 0.328 e. The predicted molar refractivity (Wildman–Crippen MR) is 113 cm³/mol. The highest BCUT2D eigenvalue weighted by molar-refractivity contribution is 5.84. The summed E-state index contributed by atoms with van der Waals surface area (Å²) in [6, 6.07) is -0.890. The first-order valence-electron chi connectivity index (χ1n) is 11.2. The van der Waals surface area contributed by atoms with Gasteiger partial charge in [0.2, 0.25) is 5.91 Å². The summed E-state index contributed by atoms with van der Waals surface area (Å²) in [4.78, 5) is 34.2. The van der Waals surface area contributed by atoms with Crippen LogP contribution in [-0.2, 0) is 19.1 Å². The molecule has 0 bridgehead atoms. The van der Waals surface area contributed by atoms with Crippen molar-refractivity contribution in [1.29, 1.82) is 0 Å². The number of amides is 1. The molecular formula is C22H41NO6. The van der Waals surface area contributed by atoms with Gasteiger partial charge >= 0.3 is 11.9 Å². The molecule has 0 fully saturated rings. The summed E-state index contributed by atoms with van der Waals surface area (Å²) in [5.41, 5.74) is 0. The second-order valence-electron chi connectivity index (χ2n) is 7.65. The fraction of sp³-hybridized carbons (Fsp3) is 0.864. The number of hydrogen-bond donors (Lipinski definition) is 3. The molecule has 1 amide bonds. The van der Waals surface area contributed by atoms with Crippen molar-refractivity contribution < 1.29 is 29.3 Å².